The molecule has 2 atom stereocenters. The van der Waals surface area contributed by atoms with Crippen LogP contribution in [0.1, 0.15) is 81.3 Å². The van der Waals surface area contributed by atoms with E-state index in [0.29, 0.717) is 17.1 Å². The van der Waals surface area contributed by atoms with Gasteiger partial charge in [-0.25, -0.2) is 0 Å². The Balaban J connectivity index is 2.41. The van der Waals surface area contributed by atoms with Crippen LogP contribution in [0.2, 0.25) is 0 Å². The maximum Gasteiger partial charge on any atom is 0.196 e. The predicted octanol–water partition coefficient (Wildman–Crippen LogP) is 4.22. The number of carbonyl (C=O) groups is 1. The van der Waals surface area contributed by atoms with Crippen molar-refractivity contribution in [1.82, 2.24) is 0 Å². The molecule has 4 heteroatoms. The van der Waals surface area contributed by atoms with Crippen molar-refractivity contribution >= 4 is 5.78 Å². The SMILES string of the molecule is COc1c(C(C)C)cc2c(c1OC)C1(C)CCCC(C)(C)C1(O)C2=O. The normalized spacial score (nSPS) is 30.2. The first-order valence-corrected chi connectivity index (χ1v) is 9.13. The molecule has 0 bridgehead atoms. The van der Waals surface area contributed by atoms with Crippen molar-refractivity contribution in [2.24, 2.45) is 5.41 Å². The molecule has 0 aliphatic heterocycles. The Kier molecular flexibility index (Phi) is 3.99. The summed E-state index contributed by atoms with van der Waals surface area (Å²) in [5.41, 5.74) is -0.233. The number of carbonyl (C=O) groups excluding carboxylic acids is 1. The van der Waals surface area contributed by atoms with Crippen LogP contribution in [0.25, 0.3) is 0 Å². The number of fused-ring (bicyclic) bond motifs is 3. The molecule has 138 valence electrons. The number of aliphatic hydroxyl groups is 1. The first kappa shape index (κ1) is 18.2. The predicted molar refractivity (Wildman–Crippen MR) is 97.9 cm³/mol. The Labute approximate surface area is 150 Å². The summed E-state index contributed by atoms with van der Waals surface area (Å²) in [4.78, 5) is 13.5. The van der Waals surface area contributed by atoms with Gasteiger partial charge < -0.3 is 14.6 Å². The van der Waals surface area contributed by atoms with Gasteiger partial charge in [-0.1, -0.05) is 41.0 Å². The van der Waals surface area contributed by atoms with Gasteiger partial charge in [0.2, 0.25) is 0 Å². The molecule has 0 saturated heterocycles. The molecule has 0 spiro atoms. The molecule has 0 amide bonds. The number of Topliss-reactive ketones (excluding diaryl/α,β-unsaturated/α-hetero) is 1. The number of methoxy groups -OCH3 is 2. The van der Waals surface area contributed by atoms with Crippen molar-refractivity contribution in [2.75, 3.05) is 14.2 Å². The minimum atomic E-state index is -1.42. The van der Waals surface area contributed by atoms with Crippen molar-refractivity contribution in [3.63, 3.8) is 0 Å². The smallest absolute Gasteiger partial charge is 0.196 e. The minimum absolute atomic E-state index is 0.169. The van der Waals surface area contributed by atoms with E-state index in [2.05, 4.69) is 13.8 Å². The topological polar surface area (TPSA) is 55.8 Å². The molecule has 1 aromatic carbocycles. The van der Waals surface area contributed by atoms with E-state index in [0.717, 1.165) is 30.4 Å². The van der Waals surface area contributed by atoms with Gasteiger partial charge in [0.1, 0.15) is 5.60 Å². The number of hydrogen-bond acceptors (Lipinski definition) is 4. The van der Waals surface area contributed by atoms with E-state index in [1.54, 1.807) is 14.2 Å². The van der Waals surface area contributed by atoms with Gasteiger partial charge in [-0.2, -0.15) is 0 Å². The fraction of sp³-hybridized carbons (Fsp3) is 0.667. The zero-order valence-corrected chi connectivity index (χ0v) is 16.4. The average molecular weight is 346 g/mol. The molecule has 2 aliphatic rings. The second-order valence-corrected chi connectivity index (χ2v) is 8.72. The molecular weight excluding hydrogens is 316 g/mol. The van der Waals surface area contributed by atoms with Gasteiger partial charge in [-0.15, -0.1) is 0 Å². The Hall–Kier alpha value is -1.55. The molecule has 4 nitrogen and oxygen atoms in total. The van der Waals surface area contributed by atoms with Gasteiger partial charge in [-0.3, -0.25) is 4.79 Å². The number of hydrogen-bond donors (Lipinski definition) is 1. The summed E-state index contributed by atoms with van der Waals surface area (Å²) in [6, 6.07) is 1.92. The van der Waals surface area contributed by atoms with E-state index in [1.807, 2.05) is 26.8 Å². The summed E-state index contributed by atoms with van der Waals surface area (Å²) >= 11 is 0. The zero-order valence-electron chi connectivity index (χ0n) is 16.4. The quantitative estimate of drug-likeness (QED) is 0.890. The minimum Gasteiger partial charge on any atom is -0.493 e. The van der Waals surface area contributed by atoms with Crippen LogP contribution in [0.5, 0.6) is 11.5 Å². The number of ether oxygens (including phenoxy) is 2. The maximum atomic E-state index is 13.5. The van der Waals surface area contributed by atoms with E-state index >= 15 is 0 Å². The van der Waals surface area contributed by atoms with Crippen molar-refractivity contribution in [3.8, 4) is 11.5 Å². The van der Waals surface area contributed by atoms with Gasteiger partial charge in [0.15, 0.2) is 17.3 Å². The van der Waals surface area contributed by atoms with Crippen LogP contribution in [-0.2, 0) is 5.41 Å². The van der Waals surface area contributed by atoms with E-state index < -0.39 is 16.4 Å². The lowest BCUT2D eigenvalue weighted by atomic mass is 9.53. The highest BCUT2D eigenvalue weighted by molar-refractivity contribution is 6.10. The summed E-state index contributed by atoms with van der Waals surface area (Å²) in [6.45, 7) is 10.1. The maximum absolute atomic E-state index is 13.5. The van der Waals surface area contributed by atoms with Crippen molar-refractivity contribution < 1.29 is 19.4 Å². The molecule has 1 saturated carbocycles. The third kappa shape index (κ3) is 2.00. The highest BCUT2D eigenvalue weighted by Crippen LogP contribution is 2.64. The monoisotopic (exact) mass is 346 g/mol. The molecule has 2 aliphatic carbocycles. The van der Waals surface area contributed by atoms with Crippen LogP contribution in [0.4, 0.5) is 0 Å². The number of ketones is 1. The third-order valence-electron chi connectivity index (χ3n) is 6.68. The lowest BCUT2D eigenvalue weighted by Gasteiger charge is -2.53. The molecule has 25 heavy (non-hydrogen) atoms. The van der Waals surface area contributed by atoms with E-state index in [4.69, 9.17) is 9.47 Å². The lowest BCUT2D eigenvalue weighted by Crippen LogP contribution is -2.62. The molecule has 1 N–H and O–H groups in total. The average Bonchev–Trinajstić information content (AvgIpc) is 2.73. The molecule has 0 aromatic heterocycles. The second-order valence-electron chi connectivity index (χ2n) is 8.72. The fourth-order valence-corrected chi connectivity index (χ4v) is 5.27. The Morgan fingerprint density at radius 1 is 1.08 bits per heavy atom. The fourth-order valence-electron chi connectivity index (χ4n) is 5.27. The van der Waals surface area contributed by atoms with E-state index in [9.17, 15) is 9.90 Å². The molecule has 3 rings (SSSR count). The summed E-state index contributed by atoms with van der Waals surface area (Å²) in [7, 11) is 3.24. The van der Waals surface area contributed by atoms with Crippen LogP contribution in [-0.4, -0.2) is 30.7 Å². The number of rotatable bonds is 3. The van der Waals surface area contributed by atoms with Gasteiger partial charge >= 0.3 is 0 Å². The summed E-state index contributed by atoms with van der Waals surface area (Å²) < 4.78 is 11.4. The highest BCUT2D eigenvalue weighted by Gasteiger charge is 2.69. The first-order chi connectivity index (χ1) is 11.6. The van der Waals surface area contributed by atoms with Gasteiger partial charge in [0.25, 0.3) is 0 Å². The van der Waals surface area contributed by atoms with E-state index in [-0.39, 0.29) is 11.7 Å². The largest absolute Gasteiger partial charge is 0.493 e. The lowest BCUT2D eigenvalue weighted by molar-refractivity contribution is -0.109. The van der Waals surface area contributed by atoms with E-state index in [1.165, 1.54) is 0 Å². The van der Waals surface area contributed by atoms with Gasteiger partial charge in [0.05, 0.1) is 14.2 Å². The molecule has 0 radical (unpaired) electrons. The van der Waals surface area contributed by atoms with Crippen LogP contribution < -0.4 is 9.47 Å². The third-order valence-corrected chi connectivity index (χ3v) is 6.68. The highest BCUT2D eigenvalue weighted by atomic mass is 16.5. The second kappa shape index (κ2) is 5.47. The Morgan fingerprint density at radius 3 is 2.20 bits per heavy atom. The van der Waals surface area contributed by atoms with Crippen LogP contribution >= 0.6 is 0 Å². The molecule has 1 fully saturated rings. The van der Waals surface area contributed by atoms with Crippen LogP contribution in [0.3, 0.4) is 0 Å². The van der Waals surface area contributed by atoms with Gasteiger partial charge in [-0.05, 0) is 24.8 Å². The Bertz CT molecular complexity index is 734. The molecule has 2 unspecified atom stereocenters. The summed E-state index contributed by atoms with van der Waals surface area (Å²) in [5, 5.41) is 11.8. The van der Waals surface area contributed by atoms with Gasteiger partial charge in [0, 0.05) is 27.5 Å². The summed E-state index contributed by atoms with van der Waals surface area (Å²) in [5.74, 6) is 1.30. The molecule has 0 heterocycles. The van der Waals surface area contributed by atoms with Crippen molar-refractivity contribution in [2.45, 2.75) is 70.8 Å². The number of benzene rings is 1. The molecular formula is C21H30O4. The van der Waals surface area contributed by atoms with Crippen LogP contribution in [0, 0.1) is 5.41 Å². The Morgan fingerprint density at radius 2 is 1.68 bits per heavy atom. The first-order valence-electron chi connectivity index (χ1n) is 9.13. The van der Waals surface area contributed by atoms with Crippen molar-refractivity contribution in [3.05, 3.63) is 22.8 Å². The van der Waals surface area contributed by atoms with Crippen LogP contribution in [0.15, 0.2) is 6.07 Å². The van der Waals surface area contributed by atoms with Crippen molar-refractivity contribution in [1.29, 1.82) is 0 Å². The zero-order chi connectivity index (χ0) is 18.8. The standard InChI is InChI=1S/C21H30O4/c1-12(2)13-11-14-15(17(25-7)16(13)24-6)20(5)10-8-9-19(3,4)21(20,23)18(14)22/h11-12,23H,8-10H2,1-7H3. The summed E-state index contributed by atoms with van der Waals surface area (Å²) in [6.07, 6.45) is 2.55. The molecule has 1 aromatic rings.